The van der Waals surface area contributed by atoms with Gasteiger partial charge in [0.1, 0.15) is 11.9 Å². The minimum Gasteiger partial charge on any atom is -0.493 e. The number of benzene rings is 2. The molecule has 0 saturated heterocycles. The van der Waals surface area contributed by atoms with E-state index in [9.17, 15) is 5.11 Å². The fraction of sp³-hybridized carbons (Fsp3) is 0.250. The van der Waals surface area contributed by atoms with Crippen molar-refractivity contribution < 1.29 is 9.84 Å². The summed E-state index contributed by atoms with van der Waals surface area (Å²) in [6, 6.07) is 9.25. The molecule has 0 fully saturated rings. The second-order valence-electron chi connectivity index (χ2n) is 4.96. The molecule has 0 aliphatic carbocycles. The molecule has 2 aromatic rings. The Balaban J connectivity index is 2.11. The van der Waals surface area contributed by atoms with Gasteiger partial charge in [-0.1, -0.05) is 41.4 Å². The molecule has 104 valence electrons. The first-order chi connectivity index (χ1) is 9.58. The lowest BCUT2D eigenvalue weighted by atomic mass is 9.97. The third-order valence-electron chi connectivity index (χ3n) is 3.59. The first-order valence-corrected chi connectivity index (χ1v) is 7.21. The molecule has 20 heavy (non-hydrogen) atoms. The number of hydrogen-bond donors (Lipinski definition) is 1. The summed E-state index contributed by atoms with van der Waals surface area (Å²) < 4.78 is 5.64. The number of rotatable bonds is 2. The monoisotopic (exact) mass is 308 g/mol. The van der Waals surface area contributed by atoms with Crippen molar-refractivity contribution in [3.05, 3.63) is 62.6 Å². The second kappa shape index (κ2) is 5.28. The van der Waals surface area contributed by atoms with E-state index in [0.29, 0.717) is 27.8 Å². The molecule has 1 aliphatic heterocycles. The topological polar surface area (TPSA) is 29.5 Å². The third-order valence-corrected chi connectivity index (χ3v) is 4.32. The van der Waals surface area contributed by atoms with Crippen molar-refractivity contribution in [3.63, 3.8) is 0 Å². The maximum atomic E-state index is 10.7. The maximum absolute atomic E-state index is 10.7. The van der Waals surface area contributed by atoms with Crippen LogP contribution in [0.15, 0.2) is 30.3 Å². The number of halogens is 2. The van der Waals surface area contributed by atoms with Gasteiger partial charge in [-0.2, -0.15) is 0 Å². The molecule has 0 amide bonds. The van der Waals surface area contributed by atoms with Gasteiger partial charge >= 0.3 is 0 Å². The van der Waals surface area contributed by atoms with Gasteiger partial charge in [0, 0.05) is 27.6 Å². The Bertz CT molecular complexity index is 668. The van der Waals surface area contributed by atoms with Crippen molar-refractivity contribution in [3.8, 4) is 5.75 Å². The van der Waals surface area contributed by atoms with E-state index < -0.39 is 6.10 Å². The molecule has 0 aromatic heterocycles. The maximum Gasteiger partial charge on any atom is 0.128 e. The smallest absolute Gasteiger partial charge is 0.128 e. The molecule has 1 heterocycles. The first kappa shape index (κ1) is 13.7. The highest BCUT2D eigenvalue weighted by atomic mass is 35.5. The van der Waals surface area contributed by atoms with Gasteiger partial charge in [0.05, 0.1) is 6.61 Å². The summed E-state index contributed by atoms with van der Waals surface area (Å²) in [5.74, 6) is 0.736. The lowest BCUT2D eigenvalue weighted by Gasteiger charge is -2.17. The Morgan fingerprint density at radius 1 is 1.20 bits per heavy atom. The van der Waals surface area contributed by atoms with Crippen molar-refractivity contribution in [1.82, 2.24) is 0 Å². The molecule has 2 aromatic carbocycles. The average molecular weight is 309 g/mol. The van der Waals surface area contributed by atoms with E-state index in [0.717, 1.165) is 23.3 Å². The van der Waals surface area contributed by atoms with Crippen molar-refractivity contribution in [2.75, 3.05) is 6.61 Å². The Kier molecular flexibility index (Phi) is 3.63. The summed E-state index contributed by atoms with van der Waals surface area (Å²) in [4.78, 5) is 0. The van der Waals surface area contributed by atoms with Crippen LogP contribution in [0.4, 0.5) is 0 Å². The summed E-state index contributed by atoms with van der Waals surface area (Å²) in [7, 11) is 0. The standard InChI is InChI=1S/C16H14Cl2O2/c1-9-3-2-4-12(14(9)18)15(19)13-8-11(17)7-10-5-6-20-16(10)13/h2-4,7-8,15,19H,5-6H2,1H3. The van der Waals surface area contributed by atoms with Gasteiger partial charge in [0.15, 0.2) is 0 Å². The van der Waals surface area contributed by atoms with Gasteiger partial charge < -0.3 is 9.84 Å². The zero-order chi connectivity index (χ0) is 14.3. The minimum absolute atomic E-state index is 0.576. The van der Waals surface area contributed by atoms with Crippen LogP contribution in [0.5, 0.6) is 5.75 Å². The number of aliphatic hydroxyl groups excluding tert-OH is 1. The van der Waals surface area contributed by atoms with E-state index in [2.05, 4.69) is 0 Å². The normalized spacial score (nSPS) is 14.8. The zero-order valence-corrected chi connectivity index (χ0v) is 12.5. The molecule has 2 nitrogen and oxygen atoms in total. The summed E-state index contributed by atoms with van der Waals surface area (Å²) >= 11 is 12.4. The molecule has 1 aliphatic rings. The van der Waals surface area contributed by atoms with Crippen LogP contribution in [-0.2, 0) is 6.42 Å². The van der Waals surface area contributed by atoms with Gasteiger partial charge in [-0.15, -0.1) is 0 Å². The highest BCUT2D eigenvalue weighted by molar-refractivity contribution is 6.32. The summed E-state index contributed by atoms with van der Waals surface area (Å²) in [5, 5.41) is 11.8. The lowest BCUT2D eigenvalue weighted by molar-refractivity contribution is 0.214. The van der Waals surface area contributed by atoms with E-state index >= 15 is 0 Å². The fourth-order valence-electron chi connectivity index (χ4n) is 2.55. The van der Waals surface area contributed by atoms with E-state index in [4.69, 9.17) is 27.9 Å². The van der Waals surface area contributed by atoms with E-state index in [1.54, 1.807) is 6.07 Å². The largest absolute Gasteiger partial charge is 0.493 e. The van der Waals surface area contributed by atoms with Crippen molar-refractivity contribution in [2.45, 2.75) is 19.4 Å². The SMILES string of the molecule is Cc1cccc(C(O)c2cc(Cl)cc3c2OCC3)c1Cl. The molecular formula is C16H14Cl2O2. The van der Waals surface area contributed by atoms with Crippen LogP contribution in [0, 0.1) is 6.92 Å². The molecule has 0 spiro atoms. The van der Waals surface area contributed by atoms with E-state index in [-0.39, 0.29) is 0 Å². The molecule has 1 atom stereocenters. The Morgan fingerprint density at radius 2 is 2.00 bits per heavy atom. The molecule has 0 radical (unpaired) electrons. The Labute approximate surface area is 127 Å². The number of aryl methyl sites for hydroxylation is 1. The van der Waals surface area contributed by atoms with Crippen LogP contribution in [0.25, 0.3) is 0 Å². The minimum atomic E-state index is -0.840. The molecular weight excluding hydrogens is 295 g/mol. The Morgan fingerprint density at radius 3 is 2.80 bits per heavy atom. The lowest BCUT2D eigenvalue weighted by Crippen LogP contribution is -2.04. The average Bonchev–Trinajstić information content (AvgIpc) is 2.88. The summed E-state index contributed by atoms with van der Waals surface area (Å²) in [6.07, 6.45) is -0.0232. The van der Waals surface area contributed by atoms with Crippen LogP contribution in [0.2, 0.25) is 10.0 Å². The van der Waals surface area contributed by atoms with Gasteiger partial charge in [-0.05, 0) is 30.2 Å². The quantitative estimate of drug-likeness (QED) is 0.895. The van der Waals surface area contributed by atoms with E-state index in [1.165, 1.54) is 0 Å². The zero-order valence-electron chi connectivity index (χ0n) is 11.0. The summed E-state index contributed by atoms with van der Waals surface area (Å²) in [5.41, 5.74) is 3.32. The number of aliphatic hydroxyl groups is 1. The molecule has 0 saturated carbocycles. The van der Waals surface area contributed by atoms with Crippen LogP contribution in [0.1, 0.15) is 28.4 Å². The predicted octanol–water partition coefficient (Wildman–Crippen LogP) is 4.32. The van der Waals surface area contributed by atoms with Crippen LogP contribution in [-0.4, -0.2) is 11.7 Å². The number of ether oxygens (including phenoxy) is 1. The molecule has 4 heteroatoms. The molecule has 1 N–H and O–H groups in total. The van der Waals surface area contributed by atoms with Gasteiger partial charge in [-0.3, -0.25) is 0 Å². The predicted molar refractivity (Wildman–Crippen MR) is 80.9 cm³/mol. The van der Waals surface area contributed by atoms with Gasteiger partial charge in [0.25, 0.3) is 0 Å². The molecule has 0 bridgehead atoms. The van der Waals surface area contributed by atoms with Gasteiger partial charge in [-0.25, -0.2) is 0 Å². The first-order valence-electron chi connectivity index (χ1n) is 6.46. The number of fused-ring (bicyclic) bond motifs is 1. The summed E-state index contributed by atoms with van der Waals surface area (Å²) in [6.45, 7) is 2.54. The van der Waals surface area contributed by atoms with Crippen molar-refractivity contribution in [1.29, 1.82) is 0 Å². The Hall–Kier alpha value is -1.22. The highest BCUT2D eigenvalue weighted by Gasteiger charge is 2.24. The highest BCUT2D eigenvalue weighted by Crippen LogP contribution is 2.40. The molecule has 3 rings (SSSR count). The molecule has 1 unspecified atom stereocenters. The van der Waals surface area contributed by atoms with E-state index in [1.807, 2.05) is 31.2 Å². The van der Waals surface area contributed by atoms with Crippen LogP contribution >= 0.6 is 23.2 Å². The van der Waals surface area contributed by atoms with Crippen molar-refractivity contribution >= 4 is 23.2 Å². The van der Waals surface area contributed by atoms with Crippen LogP contribution < -0.4 is 4.74 Å². The van der Waals surface area contributed by atoms with Crippen molar-refractivity contribution in [2.24, 2.45) is 0 Å². The third kappa shape index (κ3) is 2.28. The van der Waals surface area contributed by atoms with Crippen LogP contribution in [0.3, 0.4) is 0 Å². The second-order valence-corrected chi connectivity index (χ2v) is 5.78. The number of hydrogen-bond acceptors (Lipinski definition) is 2. The fourth-order valence-corrected chi connectivity index (χ4v) is 3.03. The van der Waals surface area contributed by atoms with Gasteiger partial charge in [0.2, 0.25) is 0 Å².